The van der Waals surface area contributed by atoms with Crippen molar-refractivity contribution < 1.29 is 4.79 Å². The molecule has 6 nitrogen and oxygen atoms in total. The van der Waals surface area contributed by atoms with Crippen molar-refractivity contribution in [1.82, 2.24) is 19.6 Å². The number of rotatable bonds is 5. The average Bonchev–Trinajstić information content (AvgIpc) is 2.60. The van der Waals surface area contributed by atoms with E-state index in [-0.39, 0.29) is 5.91 Å². The molecule has 0 bridgehead atoms. The lowest BCUT2D eigenvalue weighted by Crippen LogP contribution is -2.34. The summed E-state index contributed by atoms with van der Waals surface area (Å²) >= 11 is 0. The number of nitrogens with two attached hydrogens (primary N) is 1. The number of nitrogens with zero attached hydrogens (tertiary/aromatic N) is 4. The highest BCUT2D eigenvalue weighted by molar-refractivity contribution is 5.97. The number of likely N-dealkylation sites (N-methyl/N-ethyl adjacent to an activating group) is 2. The van der Waals surface area contributed by atoms with Crippen LogP contribution in [0, 0.1) is 0 Å². The fourth-order valence-corrected chi connectivity index (χ4v) is 1.74. The molecule has 1 aromatic heterocycles. The van der Waals surface area contributed by atoms with Crippen LogP contribution in [-0.4, -0.2) is 59.7 Å². The zero-order valence-electron chi connectivity index (χ0n) is 11.9. The summed E-state index contributed by atoms with van der Waals surface area (Å²) in [6.07, 6.45) is 0.731. The van der Waals surface area contributed by atoms with Crippen LogP contribution in [0.2, 0.25) is 0 Å². The van der Waals surface area contributed by atoms with Gasteiger partial charge in [-0.3, -0.25) is 9.48 Å². The van der Waals surface area contributed by atoms with Gasteiger partial charge in [0, 0.05) is 27.2 Å². The number of aryl methyl sites for hydroxylation is 2. The van der Waals surface area contributed by atoms with Gasteiger partial charge in [0.05, 0.1) is 11.4 Å². The lowest BCUT2D eigenvalue weighted by atomic mass is 10.2. The predicted octanol–water partition coefficient (Wildman–Crippen LogP) is 0.198. The van der Waals surface area contributed by atoms with Gasteiger partial charge in [-0.2, -0.15) is 5.10 Å². The molecule has 1 heterocycles. The number of hydrogen-bond donors (Lipinski definition) is 1. The SMILES string of the molecule is CCc1nn(C)c(C(=O)N(C)CCN(C)C)c1N. The molecule has 1 amide bonds. The first kappa shape index (κ1) is 14.5. The molecule has 2 N–H and O–H groups in total. The molecule has 6 heteroatoms. The van der Waals surface area contributed by atoms with Crippen LogP contribution < -0.4 is 5.73 Å². The highest BCUT2D eigenvalue weighted by Crippen LogP contribution is 2.18. The van der Waals surface area contributed by atoms with Gasteiger partial charge in [-0.25, -0.2) is 0 Å². The Morgan fingerprint density at radius 2 is 1.94 bits per heavy atom. The summed E-state index contributed by atoms with van der Waals surface area (Å²) in [7, 11) is 7.49. The molecule has 0 aliphatic carbocycles. The molecule has 0 saturated carbocycles. The summed E-state index contributed by atoms with van der Waals surface area (Å²) in [4.78, 5) is 16.0. The first-order valence-electron chi connectivity index (χ1n) is 6.10. The van der Waals surface area contributed by atoms with E-state index in [1.807, 2.05) is 25.9 Å². The molecular formula is C12H23N5O. The van der Waals surface area contributed by atoms with Crippen LogP contribution in [0.15, 0.2) is 0 Å². The van der Waals surface area contributed by atoms with Crippen molar-refractivity contribution in [3.8, 4) is 0 Å². The average molecular weight is 253 g/mol. The molecule has 1 aromatic rings. The smallest absolute Gasteiger partial charge is 0.274 e. The van der Waals surface area contributed by atoms with Gasteiger partial charge in [0.2, 0.25) is 0 Å². The Hall–Kier alpha value is -1.56. The third kappa shape index (κ3) is 3.01. The maximum absolute atomic E-state index is 12.3. The molecule has 0 atom stereocenters. The highest BCUT2D eigenvalue weighted by Gasteiger charge is 2.21. The van der Waals surface area contributed by atoms with Crippen LogP contribution in [0.3, 0.4) is 0 Å². The van der Waals surface area contributed by atoms with Crippen molar-refractivity contribution in [2.75, 3.05) is 40.0 Å². The number of nitrogen functional groups attached to an aromatic ring is 1. The van der Waals surface area contributed by atoms with Crippen LogP contribution >= 0.6 is 0 Å². The minimum atomic E-state index is -0.0796. The quantitative estimate of drug-likeness (QED) is 0.814. The predicted molar refractivity (Wildman–Crippen MR) is 72.5 cm³/mol. The van der Waals surface area contributed by atoms with E-state index in [1.54, 1.807) is 23.7 Å². The molecule has 0 radical (unpaired) electrons. The third-order valence-corrected chi connectivity index (χ3v) is 2.93. The fraction of sp³-hybridized carbons (Fsp3) is 0.667. The Morgan fingerprint density at radius 3 is 2.39 bits per heavy atom. The first-order chi connectivity index (χ1) is 8.38. The summed E-state index contributed by atoms with van der Waals surface area (Å²) in [5.41, 5.74) is 7.73. The molecule has 1 rings (SSSR count). The van der Waals surface area contributed by atoms with Crippen LogP contribution in [0.1, 0.15) is 23.1 Å². The second-order valence-corrected chi connectivity index (χ2v) is 4.72. The van der Waals surface area contributed by atoms with Gasteiger partial charge in [0.15, 0.2) is 0 Å². The van der Waals surface area contributed by atoms with E-state index in [0.717, 1.165) is 18.7 Å². The lowest BCUT2D eigenvalue weighted by Gasteiger charge is -2.19. The monoisotopic (exact) mass is 253 g/mol. The van der Waals surface area contributed by atoms with Gasteiger partial charge in [0.25, 0.3) is 5.91 Å². The molecular weight excluding hydrogens is 230 g/mol. The van der Waals surface area contributed by atoms with Gasteiger partial charge in [0.1, 0.15) is 5.69 Å². The lowest BCUT2D eigenvalue weighted by molar-refractivity contribution is 0.0776. The molecule has 0 saturated heterocycles. The Labute approximate surface area is 108 Å². The molecule has 102 valence electrons. The maximum atomic E-state index is 12.3. The Bertz CT molecular complexity index is 424. The summed E-state index contributed by atoms with van der Waals surface area (Å²) in [5.74, 6) is -0.0796. The van der Waals surface area contributed by atoms with E-state index in [4.69, 9.17) is 5.73 Å². The second kappa shape index (κ2) is 5.86. The van der Waals surface area contributed by atoms with E-state index in [0.29, 0.717) is 17.9 Å². The van der Waals surface area contributed by atoms with Crippen LogP contribution in [0.4, 0.5) is 5.69 Å². The van der Waals surface area contributed by atoms with E-state index >= 15 is 0 Å². The molecule has 18 heavy (non-hydrogen) atoms. The van der Waals surface area contributed by atoms with Crippen LogP contribution in [0.25, 0.3) is 0 Å². The van der Waals surface area contributed by atoms with E-state index in [9.17, 15) is 4.79 Å². The van der Waals surface area contributed by atoms with Gasteiger partial charge in [-0.05, 0) is 20.5 Å². The first-order valence-corrected chi connectivity index (χ1v) is 6.10. The number of aromatic nitrogens is 2. The third-order valence-electron chi connectivity index (χ3n) is 2.93. The topological polar surface area (TPSA) is 67.4 Å². The van der Waals surface area contributed by atoms with Crippen molar-refractivity contribution >= 4 is 11.6 Å². The molecule has 0 spiro atoms. The van der Waals surface area contributed by atoms with Crippen molar-refractivity contribution in [3.63, 3.8) is 0 Å². The van der Waals surface area contributed by atoms with E-state index in [1.165, 1.54) is 0 Å². The van der Waals surface area contributed by atoms with Crippen LogP contribution in [-0.2, 0) is 13.5 Å². The number of hydrogen-bond acceptors (Lipinski definition) is 4. The van der Waals surface area contributed by atoms with E-state index < -0.39 is 0 Å². The standard InChI is InChI=1S/C12H23N5O/c1-6-9-10(13)11(17(5)14-9)12(18)16(4)8-7-15(2)3/h6-8,13H2,1-5H3. The van der Waals surface area contributed by atoms with Crippen molar-refractivity contribution in [2.45, 2.75) is 13.3 Å². The van der Waals surface area contributed by atoms with Crippen molar-refractivity contribution in [1.29, 1.82) is 0 Å². The van der Waals surface area contributed by atoms with Crippen LogP contribution in [0.5, 0.6) is 0 Å². The highest BCUT2D eigenvalue weighted by atomic mass is 16.2. The summed E-state index contributed by atoms with van der Waals surface area (Å²) in [6, 6.07) is 0. The zero-order chi connectivity index (χ0) is 13.9. The van der Waals surface area contributed by atoms with E-state index in [2.05, 4.69) is 5.10 Å². The number of anilines is 1. The van der Waals surface area contributed by atoms with Gasteiger partial charge >= 0.3 is 0 Å². The zero-order valence-corrected chi connectivity index (χ0v) is 11.9. The summed E-state index contributed by atoms with van der Waals surface area (Å²) in [5, 5.41) is 4.26. The van der Waals surface area contributed by atoms with Gasteiger partial charge in [-0.1, -0.05) is 6.92 Å². The van der Waals surface area contributed by atoms with Crippen molar-refractivity contribution in [3.05, 3.63) is 11.4 Å². The summed E-state index contributed by atoms with van der Waals surface area (Å²) < 4.78 is 1.57. The largest absolute Gasteiger partial charge is 0.395 e. The Morgan fingerprint density at radius 1 is 1.33 bits per heavy atom. The molecule has 0 aliphatic heterocycles. The normalized spacial score (nSPS) is 11.0. The fourth-order valence-electron chi connectivity index (χ4n) is 1.74. The molecule has 0 aliphatic rings. The minimum Gasteiger partial charge on any atom is -0.395 e. The minimum absolute atomic E-state index is 0.0796. The molecule has 0 aromatic carbocycles. The summed E-state index contributed by atoms with van der Waals surface area (Å²) in [6.45, 7) is 3.46. The maximum Gasteiger partial charge on any atom is 0.274 e. The molecule has 0 fully saturated rings. The van der Waals surface area contributed by atoms with Gasteiger partial charge in [-0.15, -0.1) is 0 Å². The number of amides is 1. The van der Waals surface area contributed by atoms with Gasteiger partial charge < -0.3 is 15.5 Å². The number of carbonyl (C=O) groups excluding carboxylic acids is 1. The Balaban J connectivity index is 2.86. The number of carbonyl (C=O) groups is 1. The Kier molecular flexibility index (Phi) is 4.72. The second-order valence-electron chi connectivity index (χ2n) is 4.72. The van der Waals surface area contributed by atoms with Crippen molar-refractivity contribution in [2.24, 2.45) is 7.05 Å². The molecule has 0 unspecified atom stereocenters.